The van der Waals surface area contributed by atoms with E-state index >= 15 is 0 Å². The summed E-state index contributed by atoms with van der Waals surface area (Å²) in [4.78, 5) is 0.504. The second-order valence-electron chi connectivity index (χ2n) is 10.9. The first-order chi connectivity index (χ1) is 17.2. The highest BCUT2D eigenvalue weighted by molar-refractivity contribution is 6.21. The minimum Gasteiger partial charge on any atom is -0.0853 e. The van der Waals surface area contributed by atoms with Crippen molar-refractivity contribution in [3.63, 3.8) is 0 Å². The fourth-order valence-corrected chi connectivity index (χ4v) is 5.22. The van der Waals surface area contributed by atoms with E-state index in [-0.39, 0.29) is 5.38 Å². The monoisotopic (exact) mass is 526 g/mol. The summed E-state index contributed by atoms with van der Waals surface area (Å²) >= 11 is 6.23. The number of allylic oxidation sites excluding steroid dienone is 4. The van der Waals surface area contributed by atoms with E-state index in [1.807, 2.05) is 0 Å². The molecule has 2 atom stereocenters. The largest absolute Gasteiger partial charge is 0.242 e. The molecule has 0 N–H and O–H groups in total. The van der Waals surface area contributed by atoms with Crippen LogP contribution in [0.25, 0.3) is 0 Å². The van der Waals surface area contributed by atoms with Gasteiger partial charge in [-0.3, -0.25) is 0 Å². The molecule has 0 aromatic heterocycles. The number of hydrogen-bond donors (Lipinski definition) is 0. The third kappa shape index (κ3) is 13.1. The Morgan fingerprint density at radius 2 is 1.31 bits per heavy atom. The second-order valence-corrected chi connectivity index (χ2v) is 13.2. The molecular weight excluding hydrogens is 479 g/mol. The van der Waals surface area contributed by atoms with Crippen LogP contribution in [0.15, 0.2) is 84.0 Å². The van der Waals surface area contributed by atoms with Crippen LogP contribution in [0.4, 0.5) is 0 Å². The zero-order valence-electron chi connectivity index (χ0n) is 23.5. The molecule has 0 nitrogen and oxygen atoms in total. The average Bonchev–Trinajstić information content (AvgIpc) is 3.49. The molecule has 1 heterocycles. The lowest BCUT2D eigenvalue weighted by molar-refractivity contribution is -0.535. The predicted octanol–water partition coefficient (Wildman–Crippen LogP) is 10.2. The Morgan fingerprint density at radius 1 is 0.861 bits per heavy atom. The molecule has 2 aromatic carbocycles. The van der Waals surface area contributed by atoms with Crippen molar-refractivity contribution in [1.82, 2.24) is 0 Å². The van der Waals surface area contributed by atoms with Gasteiger partial charge in [0.25, 0.3) is 0 Å². The van der Waals surface area contributed by atoms with Crippen molar-refractivity contribution in [3.05, 3.63) is 101 Å². The molecule has 1 fully saturated rings. The molecule has 36 heavy (non-hydrogen) atoms. The normalized spacial score (nSPS) is 17.7. The SMILES string of the molecule is C/C(=C\CCc1ccccc1)CCC(Cl)[C+](C)C.C/C(=C\CCc1ccccc1)CCC1[Cl+]C1(C)C. The Labute approximate surface area is 231 Å². The zero-order chi connectivity index (χ0) is 26.4. The van der Waals surface area contributed by atoms with Gasteiger partial charge in [0, 0.05) is 26.7 Å². The molecule has 1 saturated heterocycles. The highest BCUT2D eigenvalue weighted by atomic mass is 35.5. The summed E-state index contributed by atoms with van der Waals surface area (Å²) < 4.78 is 0. The Balaban J connectivity index is 0.000000254. The topological polar surface area (TPSA) is 0 Å². The van der Waals surface area contributed by atoms with Crippen molar-refractivity contribution in [2.45, 2.75) is 109 Å². The number of aryl methyl sites for hydroxylation is 2. The molecule has 2 aromatic rings. The van der Waals surface area contributed by atoms with Gasteiger partial charge in [-0.1, -0.05) is 95.6 Å². The van der Waals surface area contributed by atoms with Gasteiger partial charge in [-0.05, 0) is 63.5 Å². The van der Waals surface area contributed by atoms with E-state index in [2.05, 4.69) is 125 Å². The van der Waals surface area contributed by atoms with Crippen molar-refractivity contribution in [1.29, 1.82) is 0 Å². The summed E-state index contributed by atoms with van der Waals surface area (Å²) in [5.74, 6) is 1.31. The molecule has 196 valence electrons. The summed E-state index contributed by atoms with van der Waals surface area (Å²) in [6.07, 6.45) is 14.1. The first-order valence-corrected chi connectivity index (χ1v) is 14.9. The van der Waals surface area contributed by atoms with Gasteiger partial charge in [-0.15, -0.1) is 0 Å². The molecule has 1 aliphatic rings. The Bertz CT molecular complexity index is 847. The van der Waals surface area contributed by atoms with Gasteiger partial charge < -0.3 is 0 Å². The zero-order valence-corrected chi connectivity index (χ0v) is 25.0. The highest BCUT2D eigenvalue weighted by Gasteiger charge is 2.66. The van der Waals surface area contributed by atoms with Crippen LogP contribution in [0.3, 0.4) is 0 Å². The number of benzene rings is 2. The lowest BCUT2D eigenvalue weighted by Crippen LogP contribution is -2.05. The lowest BCUT2D eigenvalue weighted by atomic mass is 10.0. The van der Waals surface area contributed by atoms with Gasteiger partial charge in [-0.2, -0.15) is 0 Å². The van der Waals surface area contributed by atoms with E-state index in [0.717, 1.165) is 31.1 Å². The second kappa shape index (κ2) is 16.3. The van der Waals surface area contributed by atoms with E-state index in [1.165, 1.54) is 48.3 Å². The molecule has 0 bridgehead atoms. The van der Waals surface area contributed by atoms with Gasteiger partial charge in [0.2, 0.25) is 10.3 Å². The number of alkyl halides is 3. The van der Waals surface area contributed by atoms with Crippen molar-refractivity contribution < 1.29 is 10.8 Å². The lowest BCUT2D eigenvalue weighted by Gasteiger charge is -2.05. The maximum atomic E-state index is 6.23. The fourth-order valence-electron chi connectivity index (χ4n) is 4.17. The smallest absolute Gasteiger partial charge is 0.0853 e. The molecule has 0 amide bonds. The summed E-state index contributed by atoms with van der Waals surface area (Å²) in [6.45, 7) is 13.4. The van der Waals surface area contributed by atoms with Gasteiger partial charge in [0.15, 0.2) is 5.38 Å². The third-order valence-corrected chi connectivity index (χ3v) is 9.13. The number of rotatable bonds is 13. The van der Waals surface area contributed by atoms with Gasteiger partial charge in [0.1, 0.15) is 16.7 Å². The van der Waals surface area contributed by atoms with Crippen LogP contribution in [0.2, 0.25) is 0 Å². The molecule has 0 saturated carbocycles. The predicted molar refractivity (Wildman–Crippen MR) is 158 cm³/mol. The maximum absolute atomic E-state index is 6.23. The third-order valence-electron chi connectivity index (χ3n) is 6.86. The molecule has 2 heteroatoms. The molecule has 3 rings (SSSR count). The Hall–Kier alpha value is -1.63. The van der Waals surface area contributed by atoms with Crippen molar-refractivity contribution in [2.24, 2.45) is 0 Å². The van der Waals surface area contributed by atoms with Crippen LogP contribution in [-0.4, -0.2) is 15.6 Å². The quantitative estimate of drug-likeness (QED) is 0.138. The van der Waals surface area contributed by atoms with Crippen LogP contribution in [0.1, 0.15) is 91.2 Å². The minimum atomic E-state index is 0.225. The summed E-state index contributed by atoms with van der Waals surface area (Å²) in [6, 6.07) is 21.4. The van der Waals surface area contributed by atoms with Gasteiger partial charge in [0.05, 0.1) is 13.8 Å². The number of halogens is 2. The van der Waals surface area contributed by atoms with Crippen LogP contribution < -0.4 is 0 Å². The van der Waals surface area contributed by atoms with Crippen LogP contribution >= 0.6 is 11.6 Å². The van der Waals surface area contributed by atoms with E-state index in [1.54, 1.807) is 5.57 Å². The Kier molecular flexibility index (Phi) is 13.8. The highest BCUT2D eigenvalue weighted by Crippen LogP contribution is 2.40. The molecule has 0 spiro atoms. The molecule has 0 aliphatic carbocycles. The standard InChI is InChI=1S/2C17H24Cl/c1-14(12-13-16-17(2,3)18-16)8-7-11-15-9-5-4-6-10-15;1-14(2)17(18)13-12-15(3)8-7-11-16-9-5-4-6-10-16/h4-6,8-10,16H,7,11-13H2,1-3H3;4-6,8-10,17H,7,11-13H2,1-3H3/q2*+1/b14-8+;15-8+. The molecule has 1 aliphatic heterocycles. The molecule has 0 radical (unpaired) electrons. The fraction of sp³-hybridized carbons (Fsp3) is 0.500. The van der Waals surface area contributed by atoms with Crippen LogP contribution in [0, 0.1) is 16.7 Å². The molecule has 2 unspecified atom stereocenters. The van der Waals surface area contributed by atoms with E-state index in [9.17, 15) is 0 Å². The molecular formula is C34H48Cl2+2. The van der Waals surface area contributed by atoms with Crippen molar-refractivity contribution in [2.75, 3.05) is 0 Å². The maximum Gasteiger partial charge on any atom is 0.242 e. The summed E-state index contributed by atoms with van der Waals surface area (Å²) in [5, 5.41) is 1.07. The van der Waals surface area contributed by atoms with Gasteiger partial charge in [-0.25, -0.2) is 0 Å². The number of hydrogen-bond acceptors (Lipinski definition) is 0. The van der Waals surface area contributed by atoms with E-state index in [0.29, 0.717) is 4.87 Å². The van der Waals surface area contributed by atoms with E-state index in [4.69, 9.17) is 11.6 Å². The first kappa shape index (κ1) is 30.6. The van der Waals surface area contributed by atoms with E-state index < -0.39 is 0 Å². The summed E-state index contributed by atoms with van der Waals surface area (Å²) in [5.41, 5.74) is 5.87. The minimum absolute atomic E-state index is 0.225. The van der Waals surface area contributed by atoms with Crippen LogP contribution in [0.5, 0.6) is 0 Å². The van der Waals surface area contributed by atoms with Crippen molar-refractivity contribution >= 4 is 11.6 Å². The average molecular weight is 528 g/mol. The van der Waals surface area contributed by atoms with Crippen molar-refractivity contribution in [3.8, 4) is 0 Å². The van der Waals surface area contributed by atoms with Gasteiger partial charge >= 0.3 is 0 Å². The summed E-state index contributed by atoms with van der Waals surface area (Å²) in [7, 11) is 2.59. The Morgan fingerprint density at radius 3 is 1.72 bits per heavy atom. The first-order valence-electron chi connectivity index (χ1n) is 13.6. The van der Waals surface area contributed by atoms with Crippen LogP contribution in [-0.2, 0) is 12.8 Å².